The zero-order chi connectivity index (χ0) is 17.2. The summed E-state index contributed by atoms with van der Waals surface area (Å²) in [5, 5.41) is 4.53. The second-order valence-corrected chi connectivity index (χ2v) is 5.66. The maximum atomic E-state index is 11.1. The Morgan fingerprint density at radius 3 is 2.20 bits per heavy atom. The Bertz CT molecular complexity index is 1110. The molecule has 4 heterocycles. The lowest BCUT2D eigenvalue weighted by Gasteiger charge is -1.94. The van der Waals surface area contributed by atoms with Gasteiger partial charge in [-0.1, -0.05) is 0 Å². The third kappa shape index (κ3) is 3.48. The molecular formula is C19H14N4O2. The van der Waals surface area contributed by atoms with Crippen LogP contribution < -0.4 is 16.0 Å². The molecule has 0 radical (unpaired) electrons. The van der Waals surface area contributed by atoms with Crippen LogP contribution in [0.3, 0.4) is 0 Å². The summed E-state index contributed by atoms with van der Waals surface area (Å²) in [6, 6.07) is 7.78. The molecule has 2 amide bonds. The topological polar surface area (TPSA) is 90.1 Å². The van der Waals surface area contributed by atoms with Gasteiger partial charge in [-0.3, -0.25) is 9.59 Å². The molecule has 0 bridgehead atoms. The van der Waals surface area contributed by atoms with Gasteiger partial charge in [0, 0.05) is 39.9 Å². The minimum Gasteiger partial charge on any atom is -0.355 e. The van der Waals surface area contributed by atoms with Gasteiger partial charge in [0.2, 0.25) is 5.91 Å². The molecule has 6 nitrogen and oxygen atoms in total. The van der Waals surface area contributed by atoms with Gasteiger partial charge in [0.1, 0.15) is 0 Å². The third-order valence-corrected chi connectivity index (χ3v) is 3.71. The Morgan fingerprint density at radius 2 is 1.52 bits per heavy atom. The number of carbonyl (C=O) groups excluding carboxylic acids is 2. The summed E-state index contributed by atoms with van der Waals surface area (Å²) in [6.07, 6.45) is 12.0. The Labute approximate surface area is 142 Å². The highest BCUT2D eigenvalue weighted by Gasteiger charge is 2.06. The van der Waals surface area contributed by atoms with Crippen molar-refractivity contribution in [1.29, 1.82) is 0 Å². The number of nitrogens with one attached hydrogen (secondary N) is 3. The lowest BCUT2D eigenvalue weighted by Crippen LogP contribution is -2.12. The van der Waals surface area contributed by atoms with Gasteiger partial charge in [-0.15, -0.1) is 0 Å². The average Bonchev–Trinajstić information content (AvgIpc) is 3.33. The summed E-state index contributed by atoms with van der Waals surface area (Å²) in [7, 11) is 0. The average molecular weight is 330 g/mol. The monoisotopic (exact) mass is 330 g/mol. The summed E-state index contributed by atoms with van der Waals surface area (Å²) >= 11 is 0. The summed E-state index contributed by atoms with van der Waals surface area (Å²) in [4.78, 5) is 32.6. The van der Waals surface area contributed by atoms with E-state index in [-0.39, 0.29) is 11.8 Å². The fourth-order valence-corrected chi connectivity index (χ4v) is 2.60. The number of aliphatic imine (C=N–C) groups is 1. The van der Waals surface area contributed by atoms with E-state index in [1.165, 1.54) is 12.2 Å². The predicted octanol–water partition coefficient (Wildman–Crippen LogP) is 0.516. The van der Waals surface area contributed by atoms with Crippen molar-refractivity contribution in [1.82, 2.24) is 15.3 Å². The second-order valence-electron chi connectivity index (χ2n) is 5.66. The fraction of sp³-hybridized carbons (Fsp3) is 0. The maximum absolute atomic E-state index is 11.1. The van der Waals surface area contributed by atoms with Gasteiger partial charge in [-0.05, 0) is 54.6 Å². The molecule has 2 aliphatic heterocycles. The highest BCUT2D eigenvalue weighted by atomic mass is 16.2. The number of nitrogens with zero attached hydrogens (tertiary/aromatic N) is 1. The van der Waals surface area contributed by atoms with E-state index < -0.39 is 0 Å². The van der Waals surface area contributed by atoms with Crippen LogP contribution in [-0.4, -0.2) is 27.5 Å². The molecule has 25 heavy (non-hydrogen) atoms. The number of hydrogen-bond acceptors (Lipinski definition) is 2. The van der Waals surface area contributed by atoms with Gasteiger partial charge in [0.25, 0.3) is 5.91 Å². The van der Waals surface area contributed by atoms with Crippen LogP contribution >= 0.6 is 0 Å². The van der Waals surface area contributed by atoms with Crippen molar-refractivity contribution in [3.8, 4) is 0 Å². The normalized spacial score (nSPS) is 19.4. The first-order valence-corrected chi connectivity index (χ1v) is 7.73. The summed E-state index contributed by atoms with van der Waals surface area (Å²) in [5.74, 6) is -0.339. The Hall–Kier alpha value is -3.67. The molecule has 0 saturated carbocycles. The number of rotatable bonds is 3. The molecule has 122 valence electrons. The number of allylic oxidation sites excluding steroid dienone is 2. The van der Waals surface area contributed by atoms with Gasteiger partial charge < -0.3 is 15.3 Å². The molecule has 0 spiro atoms. The third-order valence-electron chi connectivity index (χ3n) is 3.71. The lowest BCUT2D eigenvalue weighted by molar-refractivity contribution is -0.115. The number of hydrogen-bond donors (Lipinski definition) is 3. The molecule has 0 aliphatic carbocycles. The number of aromatic nitrogens is 2. The van der Waals surface area contributed by atoms with E-state index >= 15 is 0 Å². The van der Waals surface area contributed by atoms with Crippen LogP contribution in [0.25, 0.3) is 18.2 Å². The van der Waals surface area contributed by atoms with E-state index in [2.05, 4.69) is 20.3 Å². The van der Waals surface area contributed by atoms with Crippen LogP contribution in [0.4, 0.5) is 0 Å². The summed E-state index contributed by atoms with van der Waals surface area (Å²) in [6.45, 7) is 0. The number of H-pyrrole nitrogens is 2. The second kappa shape index (κ2) is 6.09. The Balaban J connectivity index is 1.56. The van der Waals surface area contributed by atoms with Crippen LogP contribution in [0.5, 0.6) is 0 Å². The Morgan fingerprint density at radius 1 is 0.760 bits per heavy atom. The van der Waals surface area contributed by atoms with Gasteiger partial charge in [-0.2, -0.15) is 0 Å². The minimum absolute atomic E-state index is 0.108. The maximum Gasteiger partial charge on any atom is 0.270 e. The Kier molecular flexibility index (Phi) is 3.63. The first-order valence-electron chi connectivity index (χ1n) is 7.73. The van der Waals surface area contributed by atoms with Crippen molar-refractivity contribution in [2.45, 2.75) is 0 Å². The molecule has 0 aromatic carbocycles. The van der Waals surface area contributed by atoms with Gasteiger partial charge in [0.15, 0.2) is 0 Å². The number of aromatic amines is 2. The van der Waals surface area contributed by atoms with E-state index in [1.807, 2.05) is 42.5 Å². The predicted molar refractivity (Wildman–Crippen MR) is 95.7 cm³/mol. The molecule has 0 fully saturated rings. The SMILES string of the molecule is O=C1C=CC(/C=c2/cc/c(=C/c3ccc(/C=C4/C=CC(=O)N4)[nH]3)[nH]2)=N1. The molecule has 2 aliphatic rings. The molecule has 4 rings (SSSR count). The molecule has 0 saturated heterocycles. The van der Waals surface area contributed by atoms with E-state index in [9.17, 15) is 9.59 Å². The molecule has 0 atom stereocenters. The van der Waals surface area contributed by atoms with Gasteiger partial charge in [-0.25, -0.2) is 4.99 Å². The van der Waals surface area contributed by atoms with Crippen molar-refractivity contribution in [3.63, 3.8) is 0 Å². The van der Waals surface area contributed by atoms with Crippen molar-refractivity contribution in [3.05, 3.63) is 76.4 Å². The molecular weight excluding hydrogens is 316 g/mol. The lowest BCUT2D eigenvalue weighted by atomic mass is 10.3. The van der Waals surface area contributed by atoms with Crippen molar-refractivity contribution in [2.24, 2.45) is 4.99 Å². The minimum atomic E-state index is -0.231. The van der Waals surface area contributed by atoms with Crippen molar-refractivity contribution >= 4 is 35.8 Å². The van der Waals surface area contributed by atoms with E-state index in [0.29, 0.717) is 5.71 Å². The first kappa shape index (κ1) is 14.9. The van der Waals surface area contributed by atoms with E-state index in [1.54, 1.807) is 12.2 Å². The molecule has 3 N–H and O–H groups in total. The molecule has 2 aromatic rings. The van der Waals surface area contributed by atoms with Gasteiger partial charge in [0.05, 0.1) is 5.71 Å². The van der Waals surface area contributed by atoms with Crippen LogP contribution in [0.1, 0.15) is 11.4 Å². The van der Waals surface area contributed by atoms with E-state index in [4.69, 9.17) is 0 Å². The smallest absolute Gasteiger partial charge is 0.270 e. The summed E-state index contributed by atoms with van der Waals surface area (Å²) < 4.78 is 0. The molecule has 2 aromatic heterocycles. The van der Waals surface area contributed by atoms with Crippen molar-refractivity contribution < 1.29 is 9.59 Å². The fourth-order valence-electron chi connectivity index (χ4n) is 2.60. The zero-order valence-electron chi connectivity index (χ0n) is 13.1. The van der Waals surface area contributed by atoms with Crippen LogP contribution in [0.15, 0.2) is 59.3 Å². The largest absolute Gasteiger partial charge is 0.355 e. The quantitative estimate of drug-likeness (QED) is 0.766. The number of carbonyl (C=O) groups is 2. The molecule has 0 unspecified atom stereocenters. The van der Waals surface area contributed by atoms with Crippen molar-refractivity contribution in [2.75, 3.05) is 0 Å². The standard InChI is InChI=1S/C19H14N4O2/c24-18-7-5-16(22-18)10-14-3-1-12(20-14)9-13-2-4-15(21-13)11-17-6-8-19(25)23-17/h1-11,20-21H,(H,22,24)/b13-9-,15-11-,16-10-. The van der Waals surface area contributed by atoms with E-state index in [0.717, 1.165) is 27.8 Å². The first-order chi connectivity index (χ1) is 12.1. The summed E-state index contributed by atoms with van der Waals surface area (Å²) in [5.41, 5.74) is 3.23. The highest BCUT2D eigenvalue weighted by Crippen LogP contribution is 2.09. The van der Waals surface area contributed by atoms with Crippen LogP contribution in [-0.2, 0) is 9.59 Å². The number of amides is 2. The van der Waals surface area contributed by atoms with Gasteiger partial charge >= 0.3 is 0 Å². The van der Waals surface area contributed by atoms with Crippen LogP contribution in [0, 0.1) is 0 Å². The van der Waals surface area contributed by atoms with Crippen LogP contribution in [0.2, 0.25) is 0 Å². The highest BCUT2D eigenvalue weighted by molar-refractivity contribution is 6.26. The zero-order valence-corrected chi connectivity index (χ0v) is 13.1. The molecule has 6 heteroatoms.